The summed E-state index contributed by atoms with van der Waals surface area (Å²) in [6.07, 6.45) is 3.65. The molecule has 3 nitrogen and oxygen atoms in total. The molecule has 1 aromatic heterocycles. The molecule has 0 saturated heterocycles. The molecule has 0 N–H and O–H groups in total. The Kier molecular flexibility index (Phi) is 3.54. The van der Waals surface area contributed by atoms with E-state index >= 15 is 0 Å². The molecule has 0 aliphatic carbocycles. The Hall–Kier alpha value is -1.68. The van der Waals surface area contributed by atoms with Gasteiger partial charge in [0.15, 0.2) is 11.6 Å². The fraction of sp³-hybridized carbons (Fsp3) is 0.154. The Morgan fingerprint density at radius 2 is 1.88 bits per heavy atom. The van der Waals surface area contributed by atoms with Gasteiger partial charge in [-0.2, -0.15) is 0 Å². The van der Waals surface area contributed by atoms with E-state index in [1.807, 2.05) is 30.5 Å². The topological polar surface area (TPSA) is 42.9 Å². The zero-order valence-corrected chi connectivity index (χ0v) is 10.5. The van der Waals surface area contributed by atoms with Gasteiger partial charge in [0.1, 0.15) is 0 Å². The van der Waals surface area contributed by atoms with Crippen LogP contribution in [0.3, 0.4) is 0 Å². The maximum Gasteiger partial charge on any atom is 0.196 e. The van der Waals surface area contributed by atoms with Crippen molar-refractivity contribution in [3.63, 3.8) is 0 Å². The molecular formula is C13H12N2OS. The zero-order chi connectivity index (χ0) is 12.3. The average Bonchev–Trinajstić information content (AvgIpc) is 2.39. The number of nitrogens with zero attached hydrogens (tertiary/aromatic N) is 2. The van der Waals surface area contributed by atoms with Crippen molar-refractivity contribution in [2.75, 3.05) is 6.26 Å². The first-order chi connectivity index (χ1) is 8.20. The summed E-state index contributed by atoms with van der Waals surface area (Å²) >= 11 is 1.69. The van der Waals surface area contributed by atoms with Crippen molar-refractivity contribution in [3.05, 3.63) is 42.4 Å². The van der Waals surface area contributed by atoms with Crippen LogP contribution in [0.15, 0.2) is 41.4 Å². The molecule has 0 radical (unpaired) electrons. The lowest BCUT2D eigenvalue weighted by Gasteiger charge is -2.03. The second kappa shape index (κ2) is 5.10. The van der Waals surface area contributed by atoms with Gasteiger partial charge in [0.25, 0.3) is 0 Å². The summed E-state index contributed by atoms with van der Waals surface area (Å²) in [6.45, 7) is 1.47. The molecule has 0 fully saturated rings. The van der Waals surface area contributed by atoms with Gasteiger partial charge in [0.2, 0.25) is 0 Å². The molecular weight excluding hydrogens is 232 g/mol. The summed E-state index contributed by atoms with van der Waals surface area (Å²) < 4.78 is 0. The lowest BCUT2D eigenvalue weighted by molar-refractivity contribution is 0.100. The molecule has 86 valence electrons. The highest BCUT2D eigenvalue weighted by molar-refractivity contribution is 7.98. The van der Waals surface area contributed by atoms with Gasteiger partial charge in [-0.25, -0.2) is 9.97 Å². The summed E-state index contributed by atoms with van der Waals surface area (Å²) in [6, 6.07) is 9.88. The van der Waals surface area contributed by atoms with Crippen LogP contribution in [-0.2, 0) is 0 Å². The number of hydrogen-bond acceptors (Lipinski definition) is 4. The minimum atomic E-state index is -0.118. The molecule has 17 heavy (non-hydrogen) atoms. The molecule has 0 spiro atoms. The Morgan fingerprint density at radius 3 is 2.47 bits per heavy atom. The molecule has 1 aromatic carbocycles. The van der Waals surface area contributed by atoms with Crippen LogP contribution >= 0.6 is 11.8 Å². The van der Waals surface area contributed by atoms with Crippen molar-refractivity contribution in [1.29, 1.82) is 0 Å². The first-order valence-electron chi connectivity index (χ1n) is 5.19. The number of thioether (sulfide) groups is 1. The van der Waals surface area contributed by atoms with E-state index in [1.54, 1.807) is 24.0 Å². The van der Waals surface area contributed by atoms with E-state index in [4.69, 9.17) is 0 Å². The maximum absolute atomic E-state index is 11.2. The van der Waals surface area contributed by atoms with Gasteiger partial charge in [0.05, 0.1) is 5.69 Å². The van der Waals surface area contributed by atoms with Crippen LogP contribution in [0.1, 0.15) is 17.5 Å². The normalized spacial score (nSPS) is 10.2. The molecule has 4 heteroatoms. The fourth-order valence-corrected chi connectivity index (χ4v) is 1.86. The summed E-state index contributed by atoms with van der Waals surface area (Å²) in [5.74, 6) is 0.143. The largest absolute Gasteiger partial charge is 0.291 e. The highest BCUT2D eigenvalue weighted by atomic mass is 32.2. The molecule has 2 aromatic rings. The van der Waals surface area contributed by atoms with Crippen molar-refractivity contribution in [3.8, 4) is 11.3 Å². The second-order valence-electron chi connectivity index (χ2n) is 3.55. The van der Waals surface area contributed by atoms with Crippen molar-refractivity contribution < 1.29 is 4.79 Å². The van der Waals surface area contributed by atoms with E-state index < -0.39 is 0 Å². The number of ketones is 1. The van der Waals surface area contributed by atoms with E-state index in [1.165, 1.54) is 11.8 Å². The fourth-order valence-electron chi connectivity index (χ4n) is 1.45. The van der Waals surface area contributed by atoms with Gasteiger partial charge < -0.3 is 0 Å². The van der Waals surface area contributed by atoms with Gasteiger partial charge in [0, 0.05) is 23.6 Å². The van der Waals surface area contributed by atoms with Gasteiger partial charge in [-0.1, -0.05) is 12.1 Å². The average molecular weight is 244 g/mol. The molecule has 0 unspecified atom stereocenters. The SMILES string of the molecule is CSc1ccc(-c2ccnc(C(C)=O)n2)cc1. The van der Waals surface area contributed by atoms with E-state index in [0.29, 0.717) is 0 Å². The van der Waals surface area contributed by atoms with Crippen LogP contribution in [0.5, 0.6) is 0 Å². The lowest BCUT2D eigenvalue weighted by Crippen LogP contribution is -2.01. The van der Waals surface area contributed by atoms with Gasteiger partial charge in [-0.05, 0) is 24.5 Å². The van der Waals surface area contributed by atoms with Crippen LogP contribution < -0.4 is 0 Å². The van der Waals surface area contributed by atoms with E-state index in [0.717, 1.165) is 11.3 Å². The van der Waals surface area contributed by atoms with Crippen LogP contribution in [-0.4, -0.2) is 22.0 Å². The highest BCUT2D eigenvalue weighted by Crippen LogP contribution is 2.21. The standard InChI is InChI=1S/C13H12N2OS/c1-9(16)13-14-8-7-12(15-13)10-3-5-11(17-2)6-4-10/h3-8H,1-2H3. The van der Waals surface area contributed by atoms with Crippen molar-refractivity contribution >= 4 is 17.5 Å². The van der Waals surface area contributed by atoms with Crippen molar-refractivity contribution in [1.82, 2.24) is 9.97 Å². The number of benzene rings is 1. The maximum atomic E-state index is 11.2. The van der Waals surface area contributed by atoms with Gasteiger partial charge in [-0.3, -0.25) is 4.79 Å². The van der Waals surface area contributed by atoms with E-state index in [9.17, 15) is 4.79 Å². The Labute approximate surface area is 104 Å². The van der Waals surface area contributed by atoms with E-state index in [2.05, 4.69) is 9.97 Å². The smallest absolute Gasteiger partial charge is 0.196 e. The molecule has 2 rings (SSSR count). The first-order valence-corrected chi connectivity index (χ1v) is 6.41. The predicted octanol–water partition coefficient (Wildman–Crippen LogP) is 3.07. The van der Waals surface area contributed by atoms with Crippen LogP contribution in [0, 0.1) is 0 Å². The predicted molar refractivity (Wildman–Crippen MR) is 69.3 cm³/mol. The Balaban J connectivity index is 2.38. The third-order valence-corrected chi connectivity index (χ3v) is 3.10. The number of hydrogen-bond donors (Lipinski definition) is 0. The molecule has 0 aliphatic heterocycles. The number of carbonyl (C=O) groups is 1. The summed E-state index contributed by atoms with van der Waals surface area (Å²) in [5, 5.41) is 0. The summed E-state index contributed by atoms with van der Waals surface area (Å²) in [7, 11) is 0. The summed E-state index contributed by atoms with van der Waals surface area (Å²) in [4.78, 5) is 20.6. The monoisotopic (exact) mass is 244 g/mol. The Bertz CT molecular complexity index is 537. The quantitative estimate of drug-likeness (QED) is 0.614. The van der Waals surface area contributed by atoms with Gasteiger partial charge >= 0.3 is 0 Å². The van der Waals surface area contributed by atoms with E-state index in [-0.39, 0.29) is 11.6 Å². The molecule has 0 aliphatic rings. The number of carbonyl (C=O) groups excluding carboxylic acids is 1. The minimum Gasteiger partial charge on any atom is -0.291 e. The molecule has 0 atom stereocenters. The number of aromatic nitrogens is 2. The molecule has 1 heterocycles. The Morgan fingerprint density at radius 1 is 1.18 bits per heavy atom. The summed E-state index contributed by atoms with van der Waals surface area (Å²) in [5.41, 5.74) is 1.77. The number of Topliss-reactive ketones (excluding diaryl/α,β-unsaturated/α-hetero) is 1. The lowest BCUT2D eigenvalue weighted by atomic mass is 10.1. The van der Waals surface area contributed by atoms with Crippen molar-refractivity contribution in [2.45, 2.75) is 11.8 Å². The molecule has 0 amide bonds. The highest BCUT2D eigenvalue weighted by Gasteiger charge is 2.05. The van der Waals surface area contributed by atoms with Crippen LogP contribution in [0.25, 0.3) is 11.3 Å². The van der Waals surface area contributed by atoms with Crippen LogP contribution in [0.2, 0.25) is 0 Å². The minimum absolute atomic E-state index is 0.118. The molecule has 0 bridgehead atoms. The number of rotatable bonds is 3. The zero-order valence-electron chi connectivity index (χ0n) is 9.68. The van der Waals surface area contributed by atoms with Gasteiger partial charge in [-0.15, -0.1) is 11.8 Å². The van der Waals surface area contributed by atoms with Crippen molar-refractivity contribution in [2.24, 2.45) is 0 Å². The first kappa shape index (κ1) is 11.8. The second-order valence-corrected chi connectivity index (χ2v) is 4.43. The van der Waals surface area contributed by atoms with Crippen LogP contribution in [0.4, 0.5) is 0 Å². The third-order valence-electron chi connectivity index (χ3n) is 2.36. The third kappa shape index (κ3) is 2.71. The molecule has 0 saturated carbocycles.